The Kier molecular flexibility index (Phi) is 6.62. The minimum Gasteiger partial charge on any atom is -0.496 e. The molecule has 0 heterocycles. The lowest BCUT2D eigenvalue weighted by atomic mass is 10.1. The molecule has 0 amide bonds. The molecule has 0 aliphatic rings. The van der Waals surface area contributed by atoms with E-state index in [0.717, 1.165) is 41.2 Å². The molecule has 0 aliphatic carbocycles. The summed E-state index contributed by atoms with van der Waals surface area (Å²) < 4.78 is 11.7. The fraction of sp³-hybridized carbons (Fsp3) is 0.571. The number of rotatable bonds is 7. The maximum absolute atomic E-state index is 5.43. The average Bonchev–Trinajstić information content (AvgIpc) is 2.36. The van der Waals surface area contributed by atoms with Crippen LogP contribution in [-0.2, 0) is 6.54 Å². The monoisotopic (exact) mass is 330 g/mol. The highest BCUT2D eigenvalue weighted by molar-refractivity contribution is 9.10. The van der Waals surface area contributed by atoms with Crippen LogP contribution in [0.5, 0.6) is 11.5 Å². The minimum atomic E-state index is 0.788. The lowest BCUT2D eigenvalue weighted by Gasteiger charge is -2.21. The number of methoxy groups -OCH3 is 2. The summed E-state index contributed by atoms with van der Waals surface area (Å²) >= 11 is 3.52. The van der Waals surface area contributed by atoms with E-state index in [0.29, 0.717) is 0 Å². The Morgan fingerprint density at radius 1 is 1.00 bits per heavy atom. The number of hydrogen-bond acceptors (Lipinski definition) is 4. The lowest BCUT2D eigenvalue weighted by molar-refractivity contribution is 0.272. The summed E-state index contributed by atoms with van der Waals surface area (Å²) in [7, 11) is 9.62. The number of nitrogens with zero attached hydrogens (tertiary/aromatic N) is 2. The quantitative estimate of drug-likeness (QED) is 0.766. The predicted molar refractivity (Wildman–Crippen MR) is 82.1 cm³/mol. The van der Waals surface area contributed by atoms with E-state index < -0.39 is 0 Å². The molecule has 0 aliphatic heterocycles. The topological polar surface area (TPSA) is 24.9 Å². The van der Waals surface area contributed by atoms with Crippen molar-refractivity contribution in [3.05, 3.63) is 22.2 Å². The standard InChI is InChI=1S/C14H23BrN2O2/c1-16(2)6-7-17(3)10-11-8-12(15)14(19-5)9-13(11)18-4/h8-9H,6-7,10H2,1-5H3. The van der Waals surface area contributed by atoms with Gasteiger partial charge >= 0.3 is 0 Å². The zero-order chi connectivity index (χ0) is 14.4. The summed E-state index contributed by atoms with van der Waals surface area (Å²) in [6.45, 7) is 2.90. The van der Waals surface area contributed by atoms with E-state index in [1.807, 2.05) is 6.07 Å². The van der Waals surface area contributed by atoms with Crippen LogP contribution in [0.1, 0.15) is 5.56 Å². The lowest BCUT2D eigenvalue weighted by Crippen LogP contribution is -2.28. The number of benzene rings is 1. The zero-order valence-corrected chi connectivity index (χ0v) is 14.0. The van der Waals surface area contributed by atoms with Gasteiger partial charge in [-0.15, -0.1) is 0 Å². The molecule has 0 radical (unpaired) electrons. The highest BCUT2D eigenvalue weighted by Crippen LogP contribution is 2.33. The molecule has 0 saturated carbocycles. The van der Waals surface area contributed by atoms with Crippen molar-refractivity contribution < 1.29 is 9.47 Å². The van der Waals surface area contributed by atoms with Crippen molar-refractivity contribution >= 4 is 15.9 Å². The van der Waals surface area contributed by atoms with Gasteiger partial charge in [0.05, 0.1) is 18.7 Å². The molecule has 0 spiro atoms. The Bertz CT molecular complexity index is 411. The summed E-state index contributed by atoms with van der Waals surface area (Å²) in [6, 6.07) is 3.98. The molecule has 0 bridgehead atoms. The predicted octanol–water partition coefficient (Wildman–Crippen LogP) is 2.46. The van der Waals surface area contributed by atoms with Crippen LogP contribution in [0, 0.1) is 0 Å². The molecule has 19 heavy (non-hydrogen) atoms. The Morgan fingerprint density at radius 2 is 1.63 bits per heavy atom. The summed E-state index contributed by atoms with van der Waals surface area (Å²) in [5, 5.41) is 0. The van der Waals surface area contributed by atoms with Gasteiger partial charge in [0.1, 0.15) is 11.5 Å². The van der Waals surface area contributed by atoms with Crippen LogP contribution in [0.15, 0.2) is 16.6 Å². The minimum absolute atomic E-state index is 0.788. The highest BCUT2D eigenvalue weighted by Gasteiger charge is 2.11. The third-order valence-electron chi connectivity index (χ3n) is 2.92. The first-order chi connectivity index (χ1) is 8.97. The normalized spacial score (nSPS) is 11.2. The van der Waals surface area contributed by atoms with Crippen molar-refractivity contribution in [2.75, 3.05) is 48.5 Å². The van der Waals surface area contributed by atoms with Crippen molar-refractivity contribution in [3.8, 4) is 11.5 Å². The molecular weight excluding hydrogens is 308 g/mol. The van der Waals surface area contributed by atoms with Crippen molar-refractivity contribution in [2.24, 2.45) is 0 Å². The van der Waals surface area contributed by atoms with Gasteiger partial charge in [-0.1, -0.05) is 0 Å². The van der Waals surface area contributed by atoms with E-state index in [-0.39, 0.29) is 0 Å². The average molecular weight is 331 g/mol. The second-order valence-corrected chi connectivity index (χ2v) is 5.69. The molecule has 4 nitrogen and oxygen atoms in total. The van der Waals surface area contributed by atoms with Crippen LogP contribution >= 0.6 is 15.9 Å². The second-order valence-electron chi connectivity index (χ2n) is 4.84. The van der Waals surface area contributed by atoms with Gasteiger partial charge in [0.15, 0.2) is 0 Å². The molecule has 0 aromatic heterocycles. The molecule has 0 unspecified atom stereocenters. The maximum Gasteiger partial charge on any atom is 0.136 e. The first-order valence-electron chi connectivity index (χ1n) is 6.21. The number of hydrogen-bond donors (Lipinski definition) is 0. The van der Waals surface area contributed by atoms with Crippen molar-refractivity contribution in [1.82, 2.24) is 9.80 Å². The van der Waals surface area contributed by atoms with Gasteiger partial charge in [0.25, 0.3) is 0 Å². The Hall–Kier alpha value is -0.780. The number of halogens is 1. The van der Waals surface area contributed by atoms with Gasteiger partial charge in [-0.2, -0.15) is 0 Å². The Balaban J connectivity index is 2.79. The fourth-order valence-corrected chi connectivity index (χ4v) is 2.34. The van der Waals surface area contributed by atoms with Crippen LogP contribution < -0.4 is 9.47 Å². The van der Waals surface area contributed by atoms with Crippen LogP contribution in [0.2, 0.25) is 0 Å². The molecule has 1 aromatic rings. The highest BCUT2D eigenvalue weighted by atomic mass is 79.9. The Morgan fingerprint density at radius 3 is 2.16 bits per heavy atom. The van der Waals surface area contributed by atoms with Crippen molar-refractivity contribution in [3.63, 3.8) is 0 Å². The molecule has 5 heteroatoms. The van der Waals surface area contributed by atoms with Gasteiger partial charge in [0, 0.05) is 31.3 Å². The molecule has 108 valence electrons. The molecule has 1 aromatic carbocycles. The van der Waals surface area contributed by atoms with Crippen molar-refractivity contribution in [1.29, 1.82) is 0 Å². The van der Waals surface area contributed by atoms with E-state index in [4.69, 9.17) is 9.47 Å². The Labute approximate surface area is 124 Å². The third kappa shape index (κ3) is 5.01. The SMILES string of the molecule is COc1cc(OC)c(CN(C)CCN(C)C)cc1Br. The van der Waals surface area contributed by atoms with Gasteiger partial charge < -0.3 is 19.3 Å². The second kappa shape index (κ2) is 7.72. The van der Waals surface area contributed by atoms with Gasteiger partial charge in [-0.3, -0.25) is 0 Å². The fourth-order valence-electron chi connectivity index (χ4n) is 1.79. The van der Waals surface area contributed by atoms with E-state index in [9.17, 15) is 0 Å². The first kappa shape index (κ1) is 16.3. The molecule has 1 rings (SSSR count). The van der Waals surface area contributed by atoms with Gasteiger partial charge in [0.2, 0.25) is 0 Å². The molecule has 0 fully saturated rings. The van der Waals surface area contributed by atoms with E-state index in [2.05, 4.69) is 52.9 Å². The van der Waals surface area contributed by atoms with Gasteiger partial charge in [-0.05, 0) is 43.1 Å². The van der Waals surface area contributed by atoms with Crippen molar-refractivity contribution in [2.45, 2.75) is 6.54 Å². The molecular formula is C14H23BrN2O2. The summed E-state index contributed by atoms with van der Waals surface area (Å²) in [5.41, 5.74) is 1.15. The van der Waals surface area contributed by atoms with Crippen LogP contribution in [0.25, 0.3) is 0 Å². The van der Waals surface area contributed by atoms with E-state index in [1.165, 1.54) is 0 Å². The molecule has 0 N–H and O–H groups in total. The number of ether oxygens (including phenoxy) is 2. The van der Waals surface area contributed by atoms with E-state index in [1.54, 1.807) is 14.2 Å². The smallest absolute Gasteiger partial charge is 0.136 e. The molecule has 0 atom stereocenters. The molecule has 0 saturated heterocycles. The summed E-state index contributed by atoms with van der Waals surface area (Å²) in [5.74, 6) is 1.65. The summed E-state index contributed by atoms with van der Waals surface area (Å²) in [4.78, 5) is 4.45. The zero-order valence-electron chi connectivity index (χ0n) is 12.4. The van der Waals surface area contributed by atoms with Crippen LogP contribution in [0.4, 0.5) is 0 Å². The van der Waals surface area contributed by atoms with E-state index >= 15 is 0 Å². The first-order valence-corrected chi connectivity index (χ1v) is 7.01. The largest absolute Gasteiger partial charge is 0.496 e. The summed E-state index contributed by atoms with van der Waals surface area (Å²) in [6.07, 6.45) is 0. The van der Waals surface area contributed by atoms with Crippen LogP contribution in [0.3, 0.4) is 0 Å². The maximum atomic E-state index is 5.43. The van der Waals surface area contributed by atoms with Crippen LogP contribution in [-0.4, -0.2) is 58.3 Å². The third-order valence-corrected chi connectivity index (χ3v) is 3.54. The number of likely N-dealkylation sites (N-methyl/N-ethyl adjacent to an activating group) is 2. The van der Waals surface area contributed by atoms with Gasteiger partial charge in [-0.25, -0.2) is 0 Å².